The summed E-state index contributed by atoms with van der Waals surface area (Å²) in [5.74, 6) is 0.707. The van der Waals surface area contributed by atoms with Gasteiger partial charge in [0, 0.05) is 6.20 Å². The predicted octanol–water partition coefficient (Wildman–Crippen LogP) is 3.84. The lowest BCUT2D eigenvalue weighted by Crippen LogP contribution is -2.04. The minimum absolute atomic E-state index is 0.348. The number of rotatable bonds is 2. The fourth-order valence-electron chi connectivity index (χ4n) is 2.48. The highest BCUT2D eigenvalue weighted by Gasteiger charge is 2.19. The third-order valence-electron chi connectivity index (χ3n) is 3.39. The number of fused-ring (bicyclic) bond motifs is 1. The molecule has 0 saturated heterocycles. The van der Waals surface area contributed by atoms with Crippen molar-refractivity contribution in [2.75, 3.05) is 0 Å². The van der Waals surface area contributed by atoms with Gasteiger partial charge in [-0.05, 0) is 25.8 Å². The van der Waals surface area contributed by atoms with Crippen LogP contribution >= 0.6 is 11.6 Å². The Morgan fingerprint density at radius 2 is 2.33 bits per heavy atom. The molecule has 92 valence electrons. The second-order valence-electron chi connectivity index (χ2n) is 4.57. The molecule has 1 unspecified atom stereocenters. The van der Waals surface area contributed by atoms with Gasteiger partial charge in [0.2, 0.25) is 0 Å². The molecule has 2 aromatic rings. The lowest BCUT2D eigenvalue weighted by Gasteiger charge is -2.11. The van der Waals surface area contributed by atoms with Crippen LogP contribution in [0.1, 0.15) is 24.7 Å². The van der Waals surface area contributed by atoms with Gasteiger partial charge in [-0.25, -0.2) is 9.97 Å². The van der Waals surface area contributed by atoms with Crippen LogP contribution in [0.25, 0.3) is 11.0 Å². The van der Waals surface area contributed by atoms with E-state index in [4.69, 9.17) is 11.6 Å². The molecule has 0 N–H and O–H groups in total. The molecule has 0 aliphatic heterocycles. The standard InChI is InChI=1S/C14H14ClN3/c1-3-10-4-5-11(8-10)18-7-6-12-13(15)16-9(2)17-14(12)18/h3,6-8,11H,1,4-5H2,2H3. The molecule has 4 heteroatoms. The van der Waals surface area contributed by atoms with Crippen molar-refractivity contribution >= 4 is 22.6 Å². The third kappa shape index (κ3) is 1.75. The van der Waals surface area contributed by atoms with E-state index in [1.54, 1.807) is 0 Å². The molecule has 0 radical (unpaired) electrons. The van der Waals surface area contributed by atoms with Gasteiger partial charge in [-0.2, -0.15) is 0 Å². The topological polar surface area (TPSA) is 30.7 Å². The van der Waals surface area contributed by atoms with E-state index in [9.17, 15) is 0 Å². The SMILES string of the molecule is C=CC1=CC(n2ccc3c(Cl)nc(C)nc32)CC1. The third-order valence-corrected chi connectivity index (χ3v) is 3.68. The Labute approximate surface area is 111 Å². The van der Waals surface area contributed by atoms with Gasteiger partial charge in [-0.3, -0.25) is 0 Å². The Balaban J connectivity index is 2.13. The first-order chi connectivity index (χ1) is 8.69. The molecule has 0 fully saturated rings. The Morgan fingerprint density at radius 3 is 3.06 bits per heavy atom. The fourth-order valence-corrected chi connectivity index (χ4v) is 2.75. The highest BCUT2D eigenvalue weighted by molar-refractivity contribution is 6.33. The number of allylic oxidation sites excluding steroid dienone is 3. The average Bonchev–Trinajstić information content (AvgIpc) is 2.93. The minimum Gasteiger partial charge on any atom is -0.325 e. The van der Waals surface area contributed by atoms with Crippen LogP contribution in [-0.4, -0.2) is 14.5 Å². The predicted molar refractivity (Wildman–Crippen MR) is 73.8 cm³/mol. The number of aromatic nitrogens is 3. The maximum absolute atomic E-state index is 6.14. The van der Waals surface area contributed by atoms with Gasteiger partial charge in [0.1, 0.15) is 16.6 Å². The number of hydrogen-bond donors (Lipinski definition) is 0. The maximum Gasteiger partial charge on any atom is 0.145 e. The van der Waals surface area contributed by atoms with Crippen molar-refractivity contribution in [3.63, 3.8) is 0 Å². The van der Waals surface area contributed by atoms with Crippen LogP contribution in [0.4, 0.5) is 0 Å². The van der Waals surface area contributed by atoms with Crippen molar-refractivity contribution in [2.45, 2.75) is 25.8 Å². The van der Waals surface area contributed by atoms with E-state index < -0.39 is 0 Å². The molecule has 2 heterocycles. The molecule has 0 spiro atoms. The van der Waals surface area contributed by atoms with Crippen molar-refractivity contribution in [3.8, 4) is 0 Å². The Morgan fingerprint density at radius 1 is 1.50 bits per heavy atom. The first-order valence-electron chi connectivity index (χ1n) is 6.03. The number of halogens is 1. The van der Waals surface area contributed by atoms with E-state index >= 15 is 0 Å². The summed E-state index contributed by atoms with van der Waals surface area (Å²) in [6.07, 6.45) is 8.38. The fraction of sp³-hybridized carbons (Fsp3) is 0.286. The summed E-state index contributed by atoms with van der Waals surface area (Å²) in [5, 5.41) is 1.45. The molecule has 0 bridgehead atoms. The smallest absolute Gasteiger partial charge is 0.145 e. The van der Waals surface area contributed by atoms with Crippen molar-refractivity contribution < 1.29 is 0 Å². The summed E-state index contributed by atoms with van der Waals surface area (Å²) in [6.45, 7) is 5.69. The lowest BCUT2D eigenvalue weighted by atomic mass is 10.2. The van der Waals surface area contributed by atoms with E-state index in [0.717, 1.165) is 23.9 Å². The van der Waals surface area contributed by atoms with E-state index in [1.807, 2.05) is 25.3 Å². The van der Waals surface area contributed by atoms with Crippen LogP contribution in [0, 0.1) is 6.92 Å². The molecule has 1 aliphatic rings. The van der Waals surface area contributed by atoms with Gasteiger partial charge in [0.15, 0.2) is 0 Å². The van der Waals surface area contributed by atoms with E-state index in [-0.39, 0.29) is 0 Å². The van der Waals surface area contributed by atoms with Gasteiger partial charge >= 0.3 is 0 Å². The first kappa shape index (κ1) is 11.5. The molecule has 3 rings (SSSR count). The van der Waals surface area contributed by atoms with Crippen LogP contribution in [0.3, 0.4) is 0 Å². The zero-order valence-electron chi connectivity index (χ0n) is 10.2. The summed E-state index contributed by atoms with van der Waals surface area (Å²) in [5.41, 5.74) is 2.22. The van der Waals surface area contributed by atoms with Gasteiger partial charge in [-0.15, -0.1) is 0 Å². The number of aryl methyl sites for hydroxylation is 1. The molecule has 0 saturated carbocycles. The molecular formula is C14H14ClN3. The zero-order chi connectivity index (χ0) is 12.7. The second kappa shape index (κ2) is 4.25. The first-order valence-corrected chi connectivity index (χ1v) is 6.40. The minimum atomic E-state index is 0.348. The van der Waals surface area contributed by atoms with Crippen molar-refractivity contribution in [1.82, 2.24) is 14.5 Å². The highest BCUT2D eigenvalue weighted by atomic mass is 35.5. The molecule has 1 atom stereocenters. The normalized spacial score (nSPS) is 19.2. The monoisotopic (exact) mass is 259 g/mol. The van der Waals surface area contributed by atoms with Crippen LogP contribution in [0.5, 0.6) is 0 Å². The largest absolute Gasteiger partial charge is 0.325 e. The van der Waals surface area contributed by atoms with E-state index in [1.165, 1.54) is 5.57 Å². The average molecular weight is 260 g/mol. The van der Waals surface area contributed by atoms with Gasteiger partial charge in [0.05, 0.1) is 11.4 Å². The number of hydrogen-bond acceptors (Lipinski definition) is 2. The van der Waals surface area contributed by atoms with Crippen LogP contribution in [-0.2, 0) is 0 Å². The quantitative estimate of drug-likeness (QED) is 0.767. The molecular weight excluding hydrogens is 246 g/mol. The van der Waals surface area contributed by atoms with E-state index in [0.29, 0.717) is 17.0 Å². The molecule has 3 nitrogen and oxygen atoms in total. The molecule has 2 aromatic heterocycles. The van der Waals surface area contributed by atoms with Crippen molar-refractivity contribution in [3.05, 3.63) is 47.5 Å². The van der Waals surface area contributed by atoms with E-state index in [2.05, 4.69) is 27.2 Å². The Hall–Kier alpha value is -1.61. The van der Waals surface area contributed by atoms with Crippen LogP contribution < -0.4 is 0 Å². The van der Waals surface area contributed by atoms with Crippen LogP contribution in [0.2, 0.25) is 5.15 Å². The summed E-state index contributed by atoms with van der Waals surface area (Å²) in [4.78, 5) is 8.69. The number of nitrogens with zero attached hydrogens (tertiary/aromatic N) is 3. The Kier molecular flexibility index (Phi) is 2.71. The second-order valence-corrected chi connectivity index (χ2v) is 4.93. The Bertz CT molecular complexity index is 654. The highest BCUT2D eigenvalue weighted by Crippen LogP contribution is 2.32. The van der Waals surface area contributed by atoms with Crippen molar-refractivity contribution in [1.29, 1.82) is 0 Å². The van der Waals surface area contributed by atoms with Gasteiger partial charge < -0.3 is 4.57 Å². The molecule has 0 aromatic carbocycles. The van der Waals surface area contributed by atoms with Crippen LogP contribution in [0.15, 0.2) is 36.6 Å². The summed E-state index contributed by atoms with van der Waals surface area (Å²) < 4.78 is 2.17. The zero-order valence-corrected chi connectivity index (χ0v) is 11.0. The summed E-state index contributed by atoms with van der Waals surface area (Å²) >= 11 is 6.14. The molecule has 0 amide bonds. The van der Waals surface area contributed by atoms with Gasteiger partial charge in [0.25, 0.3) is 0 Å². The van der Waals surface area contributed by atoms with Crippen molar-refractivity contribution in [2.24, 2.45) is 0 Å². The summed E-state index contributed by atoms with van der Waals surface area (Å²) in [7, 11) is 0. The van der Waals surface area contributed by atoms with Gasteiger partial charge in [-0.1, -0.05) is 35.9 Å². The lowest BCUT2D eigenvalue weighted by molar-refractivity contribution is 0.604. The maximum atomic E-state index is 6.14. The molecule has 18 heavy (non-hydrogen) atoms. The summed E-state index contributed by atoms with van der Waals surface area (Å²) in [6, 6.07) is 2.33. The molecule has 1 aliphatic carbocycles.